The van der Waals surface area contributed by atoms with Gasteiger partial charge in [0.2, 0.25) is 0 Å². The van der Waals surface area contributed by atoms with Crippen LogP contribution in [0.2, 0.25) is 0 Å². The third-order valence-electron chi connectivity index (χ3n) is 4.02. The first-order chi connectivity index (χ1) is 11.9. The standard InChI is InChI=1S/C18H17N3O3S/c1-19(12-7-5-4-6-8-12)15-10-9-13(24-15)11-14-16(22)20(2)18(25)21(3)17(14)23/h4-11H,1-3H3. The molecule has 128 valence electrons. The van der Waals surface area contributed by atoms with Crippen molar-refractivity contribution in [3.8, 4) is 0 Å². The van der Waals surface area contributed by atoms with Crippen LogP contribution < -0.4 is 4.90 Å². The number of thiocarbonyl (C=S) groups is 1. The summed E-state index contributed by atoms with van der Waals surface area (Å²) < 4.78 is 5.77. The van der Waals surface area contributed by atoms with Gasteiger partial charge in [0.05, 0.1) is 0 Å². The van der Waals surface area contributed by atoms with Crippen LogP contribution in [-0.2, 0) is 9.59 Å². The summed E-state index contributed by atoms with van der Waals surface area (Å²) in [5.41, 5.74) is 0.979. The molecule has 0 atom stereocenters. The minimum Gasteiger partial charge on any atom is -0.441 e. The van der Waals surface area contributed by atoms with Gasteiger partial charge in [-0.05, 0) is 36.5 Å². The number of hydrogen-bond acceptors (Lipinski definition) is 5. The molecule has 0 unspecified atom stereocenters. The van der Waals surface area contributed by atoms with Crippen molar-refractivity contribution in [3.05, 3.63) is 53.8 Å². The van der Waals surface area contributed by atoms with E-state index in [9.17, 15) is 9.59 Å². The van der Waals surface area contributed by atoms with Gasteiger partial charge >= 0.3 is 0 Å². The highest BCUT2D eigenvalue weighted by atomic mass is 32.1. The summed E-state index contributed by atoms with van der Waals surface area (Å²) in [5, 5.41) is 0.177. The lowest BCUT2D eigenvalue weighted by Crippen LogP contribution is -2.52. The van der Waals surface area contributed by atoms with E-state index in [0.717, 1.165) is 5.69 Å². The molecule has 0 saturated carbocycles. The van der Waals surface area contributed by atoms with E-state index in [2.05, 4.69) is 0 Å². The Morgan fingerprint density at radius 2 is 1.60 bits per heavy atom. The highest BCUT2D eigenvalue weighted by Gasteiger charge is 2.35. The van der Waals surface area contributed by atoms with Crippen LogP contribution in [0.4, 0.5) is 11.6 Å². The van der Waals surface area contributed by atoms with Gasteiger partial charge in [0.15, 0.2) is 11.0 Å². The molecular weight excluding hydrogens is 338 g/mol. The molecule has 2 aromatic rings. The molecule has 0 bridgehead atoms. The summed E-state index contributed by atoms with van der Waals surface area (Å²) in [6.07, 6.45) is 1.45. The second-order valence-electron chi connectivity index (χ2n) is 5.64. The Labute approximate surface area is 150 Å². The number of rotatable bonds is 3. The first-order valence-electron chi connectivity index (χ1n) is 7.60. The molecule has 1 aliphatic heterocycles. The summed E-state index contributed by atoms with van der Waals surface area (Å²) in [4.78, 5) is 29.1. The van der Waals surface area contributed by atoms with Crippen molar-refractivity contribution in [2.75, 3.05) is 26.0 Å². The number of carbonyl (C=O) groups excluding carboxylic acids is 2. The predicted molar refractivity (Wildman–Crippen MR) is 99.3 cm³/mol. The second kappa shape index (κ2) is 6.52. The van der Waals surface area contributed by atoms with Crippen molar-refractivity contribution in [1.82, 2.24) is 9.80 Å². The quantitative estimate of drug-likeness (QED) is 0.481. The summed E-state index contributed by atoms with van der Waals surface area (Å²) in [6, 6.07) is 13.2. The number of furan rings is 1. The van der Waals surface area contributed by atoms with Gasteiger partial charge in [-0.25, -0.2) is 0 Å². The van der Waals surface area contributed by atoms with Crippen LogP contribution in [0.15, 0.2) is 52.5 Å². The van der Waals surface area contributed by atoms with E-state index in [1.54, 1.807) is 12.1 Å². The van der Waals surface area contributed by atoms with Crippen molar-refractivity contribution in [3.63, 3.8) is 0 Å². The first-order valence-corrected chi connectivity index (χ1v) is 8.01. The molecule has 0 N–H and O–H groups in total. The molecule has 2 amide bonds. The molecule has 1 fully saturated rings. The second-order valence-corrected chi connectivity index (χ2v) is 6.00. The Hall–Kier alpha value is -2.93. The highest BCUT2D eigenvalue weighted by molar-refractivity contribution is 7.80. The minimum atomic E-state index is -0.442. The lowest BCUT2D eigenvalue weighted by Gasteiger charge is -2.31. The molecule has 3 rings (SSSR count). The maximum Gasteiger partial charge on any atom is 0.265 e. The predicted octanol–water partition coefficient (Wildman–Crippen LogP) is 2.65. The molecule has 7 heteroatoms. The van der Waals surface area contributed by atoms with Crippen molar-refractivity contribution in [2.45, 2.75) is 0 Å². The number of benzene rings is 1. The summed E-state index contributed by atoms with van der Waals surface area (Å²) >= 11 is 5.07. The molecule has 0 spiro atoms. The topological polar surface area (TPSA) is 57.0 Å². The van der Waals surface area contributed by atoms with Crippen LogP contribution >= 0.6 is 12.2 Å². The number of amides is 2. The minimum absolute atomic E-state index is 0.0156. The zero-order valence-corrected chi connectivity index (χ0v) is 14.9. The zero-order chi connectivity index (χ0) is 18.1. The maximum absolute atomic E-state index is 12.3. The van der Waals surface area contributed by atoms with E-state index in [1.165, 1.54) is 30.0 Å². The van der Waals surface area contributed by atoms with Gasteiger partial charge in [-0.3, -0.25) is 19.4 Å². The maximum atomic E-state index is 12.3. The average Bonchev–Trinajstić information content (AvgIpc) is 3.10. The van der Waals surface area contributed by atoms with E-state index in [0.29, 0.717) is 11.6 Å². The molecule has 0 aliphatic carbocycles. The van der Waals surface area contributed by atoms with Gasteiger partial charge in [-0.2, -0.15) is 0 Å². The number of para-hydroxylation sites is 1. The van der Waals surface area contributed by atoms with Gasteiger partial charge in [0.25, 0.3) is 11.8 Å². The largest absolute Gasteiger partial charge is 0.441 e. The van der Waals surface area contributed by atoms with E-state index in [1.807, 2.05) is 42.3 Å². The average molecular weight is 355 g/mol. The zero-order valence-electron chi connectivity index (χ0n) is 14.1. The highest BCUT2D eigenvalue weighted by Crippen LogP contribution is 2.27. The molecule has 2 heterocycles. The van der Waals surface area contributed by atoms with Crippen LogP contribution in [0.1, 0.15) is 5.76 Å². The lowest BCUT2D eigenvalue weighted by molar-refractivity contribution is -0.132. The SMILES string of the molecule is CN1C(=O)C(=Cc2ccc(N(C)c3ccccc3)o2)C(=O)N(C)C1=S. The molecule has 0 radical (unpaired) electrons. The number of hydrogen-bond donors (Lipinski definition) is 0. The van der Waals surface area contributed by atoms with E-state index in [-0.39, 0.29) is 10.7 Å². The normalized spacial score (nSPS) is 15.0. The van der Waals surface area contributed by atoms with E-state index >= 15 is 0 Å². The number of likely N-dealkylation sites (N-methyl/N-ethyl adjacent to an activating group) is 2. The number of anilines is 2. The molecule has 25 heavy (non-hydrogen) atoms. The Morgan fingerprint density at radius 3 is 2.20 bits per heavy atom. The van der Waals surface area contributed by atoms with Crippen molar-refractivity contribution in [1.29, 1.82) is 0 Å². The summed E-state index contributed by atoms with van der Waals surface area (Å²) in [7, 11) is 4.96. The van der Waals surface area contributed by atoms with Crippen LogP contribution in [-0.4, -0.2) is 47.9 Å². The van der Waals surface area contributed by atoms with E-state index < -0.39 is 11.8 Å². The molecule has 6 nitrogen and oxygen atoms in total. The first kappa shape index (κ1) is 16.9. The van der Waals surface area contributed by atoms with Crippen LogP contribution in [0.3, 0.4) is 0 Å². The molecule has 1 aromatic carbocycles. The monoisotopic (exact) mass is 355 g/mol. The number of nitrogens with zero attached hydrogens (tertiary/aromatic N) is 3. The van der Waals surface area contributed by atoms with Crippen LogP contribution in [0, 0.1) is 0 Å². The fourth-order valence-corrected chi connectivity index (χ4v) is 2.66. The third kappa shape index (κ3) is 3.06. The molecule has 1 aliphatic rings. The summed E-state index contributed by atoms with van der Waals surface area (Å²) in [6.45, 7) is 0. The molecule has 1 aromatic heterocycles. The van der Waals surface area contributed by atoms with Crippen molar-refractivity contribution >= 4 is 46.8 Å². The Kier molecular flexibility index (Phi) is 4.41. The van der Waals surface area contributed by atoms with Gasteiger partial charge in [0.1, 0.15) is 11.3 Å². The number of carbonyl (C=O) groups is 2. The molecular formula is C18H17N3O3S. The van der Waals surface area contributed by atoms with Gasteiger partial charge < -0.3 is 9.32 Å². The van der Waals surface area contributed by atoms with Gasteiger partial charge in [0, 0.05) is 32.9 Å². The Balaban J connectivity index is 1.90. The Bertz CT molecular complexity index is 847. The third-order valence-corrected chi connectivity index (χ3v) is 4.56. The van der Waals surface area contributed by atoms with Crippen molar-refractivity contribution < 1.29 is 14.0 Å². The smallest absolute Gasteiger partial charge is 0.265 e. The lowest BCUT2D eigenvalue weighted by atomic mass is 10.1. The fourth-order valence-electron chi connectivity index (χ4n) is 2.50. The summed E-state index contributed by atoms with van der Waals surface area (Å²) in [5.74, 6) is 0.139. The molecule has 1 saturated heterocycles. The fraction of sp³-hybridized carbons (Fsp3) is 0.167. The van der Waals surface area contributed by atoms with Crippen molar-refractivity contribution in [2.24, 2.45) is 0 Å². The van der Waals surface area contributed by atoms with Crippen LogP contribution in [0.5, 0.6) is 0 Å². The van der Waals surface area contributed by atoms with Gasteiger partial charge in [-0.1, -0.05) is 18.2 Å². The van der Waals surface area contributed by atoms with Gasteiger partial charge in [-0.15, -0.1) is 0 Å². The Morgan fingerprint density at radius 1 is 1.00 bits per heavy atom. The van der Waals surface area contributed by atoms with E-state index in [4.69, 9.17) is 16.6 Å². The van der Waals surface area contributed by atoms with Crippen LogP contribution in [0.25, 0.3) is 6.08 Å².